The Bertz CT molecular complexity index is 347. The van der Waals surface area contributed by atoms with Gasteiger partial charge in [-0.2, -0.15) is 0 Å². The number of carbonyl (C=O) groups is 2. The van der Waals surface area contributed by atoms with E-state index in [1.807, 2.05) is 0 Å². The minimum atomic E-state index is 0.226. The summed E-state index contributed by atoms with van der Waals surface area (Å²) in [5.74, 6) is 0.801. The molecule has 0 atom stereocenters. The second kappa shape index (κ2) is 10.8. The van der Waals surface area contributed by atoms with Crippen molar-refractivity contribution in [3.05, 3.63) is 29.8 Å². The van der Waals surface area contributed by atoms with Crippen LogP contribution in [-0.4, -0.2) is 24.6 Å². The van der Waals surface area contributed by atoms with Gasteiger partial charge < -0.3 is 4.74 Å². The summed E-state index contributed by atoms with van der Waals surface area (Å²) in [6, 6.07) is 8.38. The molecule has 1 aromatic carbocycles. The summed E-state index contributed by atoms with van der Waals surface area (Å²) in [6.45, 7) is 6.42. The predicted octanol–water partition coefficient (Wildman–Crippen LogP) is 3.11. The molecule has 0 aliphatic rings. The highest BCUT2D eigenvalue weighted by molar-refractivity contribution is 8.00. The van der Waals surface area contributed by atoms with Gasteiger partial charge in [0.25, 0.3) is 6.47 Å². The number of thioether (sulfide) groups is 1. The van der Waals surface area contributed by atoms with Crippen molar-refractivity contribution in [3.8, 4) is 0 Å². The van der Waals surface area contributed by atoms with Gasteiger partial charge in [0.15, 0.2) is 0 Å². The molecule has 4 heteroatoms. The second-order valence-electron chi connectivity index (χ2n) is 3.54. The Kier molecular flexibility index (Phi) is 10.1. The summed E-state index contributed by atoms with van der Waals surface area (Å²) in [5, 5.41) is 0. The van der Waals surface area contributed by atoms with Crippen LogP contribution in [0.25, 0.3) is 0 Å². The minimum absolute atomic E-state index is 0.226. The lowest BCUT2D eigenvalue weighted by Gasteiger charge is -2.00. The molecule has 0 aliphatic carbocycles. The summed E-state index contributed by atoms with van der Waals surface area (Å²) in [7, 11) is 0. The number of benzene rings is 1. The van der Waals surface area contributed by atoms with Crippen LogP contribution in [-0.2, 0) is 20.7 Å². The standard InChI is InChI=1S/C11H14OS.C3H6O2/c1-3-10-4-6-11(7-5-10)13-8-9(2)12;1-2-5-3-4/h4-7H,3,8H2,1-2H3;3H,2H2,1H3. The van der Waals surface area contributed by atoms with Crippen molar-refractivity contribution in [3.63, 3.8) is 0 Å². The van der Waals surface area contributed by atoms with Crippen LogP contribution >= 0.6 is 11.8 Å². The highest BCUT2D eigenvalue weighted by Gasteiger charge is 1.96. The van der Waals surface area contributed by atoms with Crippen LogP contribution in [0.5, 0.6) is 0 Å². The summed E-state index contributed by atoms with van der Waals surface area (Å²) >= 11 is 1.60. The second-order valence-corrected chi connectivity index (χ2v) is 4.59. The van der Waals surface area contributed by atoms with Crippen LogP contribution < -0.4 is 0 Å². The summed E-state index contributed by atoms with van der Waals surface area (Å²) < 4.78 is 4.15. The first-order chi connectivity index (χ1) is 8.63. The first-order valence-corrected chi connectivity index (χ1v) is 6.89. The average molecular weight is 268 g/mol. The lowest BCUT2D eigenvalue weighted by Crippen LogP contribution is -1.92. The Hall–Kier alpha value is -1.29. The van der Waals surface area contributed by atoms with E-state index in [0.29, 0.717) is 18.8 Å². The lowest BCUT2D eigenvalue weighted by atomic mass is 10.2. The van der Waals surface area contributed by atoms with Crippen LogP contribution in [0.1, 0.15) is 26.3 Å². The van der Waals surface area contributed by atoms with E-state index in [1.54, 1.807) is 25.6 Å². The molecule has 1 aromatic rings. The van der Waals surface area contributed by atoms with Gasteiger partial charge in [-0.05, 0) is 38.0 Å². The average Bonchev–Trinajstić information content (AvgIpc) is 2.38. The Morgan fingerprint density at radius 2 is 1.89 bits per heavy atom. The van der Waals surface area contributed by atoms with Gasteiger partial charge in [-0.15, -0.1) is 11.8 Å². The molecule has 0 N–H and O–H groups in total. The number of Topliss-reactive ketones (excluding diaryl/α,β-unsaturated/α-hetero) is 1. The molecule has 0 unspecified atom stereocenters. The number of carbonyl (C=O) groups excluding carboxylic acids is 2. The Morgan fingerprint density at radius 1 is 1.28 bits per heavy atom. The van der Waals surface area contributed by atoms with Crippen molar-refractivity contribution < 1.29 is 14.3 Å². The fraction of sp³-hybridized carbons (Fsp3) is 0.429. The van der Waals surface area contributed by atoms with Crippen LogP contribution in [0.2, 0.25) is 0 Å². The Morgan fingerprint density at radius 3 is 2.22 bits per heavy atom. The summed E-state index contributed by atoms with van der Waals surface area (Å²) in [5.41, 5.74) is 1.34. The molecule has 0 saturated carbocycles. The molecule has 0 saturated heterocycles. The van der Waals surface area contributed by atoms with Crippen LogP contribution in [0.3, 0.4) is 0 Å². The van der Waals surface area contributed by atoms with E-state index < -0.39 is 0 Å². The summed E-state index contributed by atoms with van der Waals surface area (Å²) in [4.78, 5) is 21.1. The summed E-state index contributed by atoms with van der Waals surface area (Å²) in [6.07, 6.45) is 1.07. The number of hydrogen-bond donors (Lipinski definition) is 0. The van der Waals surface area contributed by atoms with E-state index in [4.69, 9.17) is 0 Å². The molecule has 18 heavy (non-hydrogen) atoms. The number of aryl methyl sites for hydroxylation is 1. The molecule has 0 heterocycles. The highest BCUT2D eigenvalue weighted by Crippen LogP contribution is 2.18. The third-order valence-corrected chi connectivity index (χ3v) is 3.16. The Labute approximate surface area is 113 Å². The highest BCUT2D eigenvalue weighted by atomic mass is 32.2. The Balaban J connectivity index is 0.000000494. The van der Waals surface area contributed by atoms with E-state index in [1.165, 1.54) is 10.5 Å². The zero-order valence-corrected chi connectivity index (χ0v) is 12.0. The van der Waals surface area contributed by atoms with Crippen LogP contribution in [0.4, 0.5) is 0 Å². The molecule has 0 aromatic heterocycles. The first-order valence-electron chi connectivity index (χ1n) is 5.90. The quantitative estimate of drug-likeness (QED) is 0.587. The maximum Gasteiger partial charge on any atom is 0.293 e. The SMILES string of the molecule is CCOC=O.CCc1ccc(SCC(C)=O)cc1. The third kappa shape index (κ3) is 8.82. The van der Waals surface area contributed by atoms with Gasteiger partial charge in [0, 0.05) is 4.90 Å². The van der Waals surface area contributed by atoms with Crippen molar-refractivity contribution in [2.24, 2.45) is 0 Å². The van der Waals surface area contributed by atoms with Crippen molar-refractivity contribution in [1.82, 2.24) is 0 Å². The van der Waals surface area contributed by atoms with Gasteiger partial charge in [0.2, 0.25) is 0 Å². The van der Waals surface area contributed by atoms with Gasteiger partial charge in [0.05, 0.1) is 12.4 Å². The largest absolute Gasteiger partial charge is 0.468 e. The zero-order chi connectivity index (χ0) is 13.8. The molecular formula is C14H20O3S. The number of rotatable bonds is 6. The van der Waals surface area contributed by atoms with E-state index in [2.05, 4.69) is 35.9 Å². The number of hydrogen-bond acceptors (Lipinski definition) is 4. The van der Waals surface area contributed by atoms with Gasteiger partial charge in [-0.3, -0.25) is 9.59 Å². The molecule has 0 bridgehead atoms. The molecule has 0 radical (unpaired) electrons. The van der Waals surface area contributed by atoms with Crippen molar-refractivity contribution >= 4 is 24.0 Å². The van der Waals surface area contributed by atoms with Gasteiger partial charge in [-0.1, -0.05) is 19.1 Å². The molecule has 3 nitrogen and oxygen atoms in total. The number of ether oxygens (including phenoxy) is 1. The van der Waals surface area contributed by atoms with Crippen molar-refractivity contribution in [2.75, 3.05) is 12.4 Å². The van der Waals surface area contributed by atoms with E-state index in [-0.39, 0.29) is 5.78 Å². The van der Waals surface area contributed by atoms with E-state index >= 15 is 0 Å². The minimum Gasteiger partial charge on any atom is -0.468 e. The van der Waals surface area contributed by atoms with Crippen LogP contribution in [0, 0.1) is 0 Å². The normalized spacial score (nSPS) is 9.06. The van der Waals surface area contributed by atoms with Gasteiger partial charge >= 0.3 is 0 Å². The molecule has 100 valence electrons. The molecule has 1 rings (SSSR count). The van der Waals surface area contributed by atoms with E-state index in [9.17, 15) is 9.59 Å². The van der Waals surface area contributed by atoms with Gasteiger partial charge in [-0.25, -0.2) is 0 Å². The van der Waals surface area contributed by atoms with Crippen LogP contribution in [0.15, 0.2) is 29.2 Å². The first kappa shape index (κ1) is 16.7. The fourth-order valence-corrected chi connectivity index (χ4v) is 1.77. The smallest absolute Gasteiger partial charge is 0.293 e. The monoisotopic (exact) mass is 268 g/mol. The maximum atomic E-state index is 10.7. The maximum absolute atomic E-state index is 10.7. The molecule has 0 aliphatic heterocycles. The van der Waals surface area contributed by atoms with Gasteiger partial charge in [0.1, 0.15) is 5.78 Å². The topological polar surface area (TPSA) is 43.4 Å². The number of ketones is 1. The molecular weight excluding hydrogens is 248 g/mol. The predicted molar refractivity (Wildman–Crippen MR) is 74.9 cm³/mol. The molecule has 0 spiro atoms. The van der Waals surface area contributed by atoms with Crippen molar-refractivity contribution in [2.45, 2.75) is 32.1 Å². The molecule has 0 amide bonds. The van der Waals surface area contributed by atoms with E-state index in [0.717, 1.165) is 6.42 Å². The zero-order valence-electron chi connectivity index (χ0n) is 11.1. The fourth-order valence-electron chi connectivity index (χ4n) is 1.07. The molecule has 0 fully saturated rings. The third-order valence-electron chi connectivity index (χ3n) is 2.01. The van der Waals surface area contributed by atoms with Crippen molar-refractivity contribution in [1.29, 1.82) is 0 Å². The lowest BCUT2D eigenvalue weighted by molar-refractivity contribution is -0.128.